The molecule has 0 aliphatic carbocycles. The van der Waals surface area contributed by atoms with Gasteiger partial charge in [0.1, 0.15) is 30.8 Å². The number of para-hydroxylation sites is 1. The number of aromatic hydroxyl groups is 2. The molecule has 0 saturated carbocycles. The lowest BCUT2D eigenvalue weighted by Gasteiger charge is -2.34. The van der Waals surface area contributed by atoms with E-state index >= 15 is 0 Å². The van der Waals surface area contributed by atoms with Crippen LogP contribution in [0.5, 0.6) is 17.2 Å². The van der Waals surface area contributed by atoms with E-state index in [0.717, 1.165) is 27.7 Å². The van der Waals surface area contributed by atoms with Crippen molar-refractivity contribution in [1.82, 2.24) is 0 Å². The molecule has 0 spiro atoms. The van der Waals surface area contributed by atoms with Crippen LogP contribution in [0.4, 0.5) is 0 Å². The Morgan fingerprint density at radius 2 is 0.938 bits per heavy atom. The topological polar surface area (TPSA) is 66.8 Å². The molecule has 1 unspecified atom stereocenters. The summed E-state index contributed by atoms with van der Waals surface area (Å²) in [6, 6.07) is 36.4. The van der Waals surface area contributed by atoms with Gasteiger partial charge in [-0.05, 0) is 60.0 Å². The molecule has 48 heavy (non-hydrogen) atoms. The van der Waals surface area contributed by atoms with Crippen LogP contribution in [0.2, 0.25) is 0 Å². The van der Waals surface area contributed by atoms with Crippen molar-refractivity contribution >= 4 is 26.0 Å². The predicted octanol–water partition coefficient (Wildman–Crippen LogP) is 11.8. The van der Waals surface area contributed by atoms with Crippen LogP contribution in [0.3, 0.4) is 0 Å². The molecule has 0 saturated heterocycles. The van der Waals surface area contributed by atoms with Crippen molar-refractivity contribution in [2.24, 2.45) is 0 Å². The second-order valence-corrected chi connectivity index (χ2v) is 11.6. The molecule has 0 fully saturated rings. The molecule has 5 aromatic carbocycles. The summed E-state index contributed by atoms with van der Waals surface area (Å²) < 4.78 is 21.0. The smallest absolute Gasteiger partial charge is 0.289 e. The van der Waals surface area contributed by atoms with E-state index in [4.69, 9.17) is 12.4 Å². The highest BCUT2D eigenvalue weighted by Crippen LogP contribution is 2.65. The van der Waals surface area contributed by atoms with E-state index in [-0.39, 0.29) is 11.5 Å². The second kappa shape index (κ2) is 24.0. The number of rotatable bonds is 3. The average molecular weight is 667 g/mol. The largest absolute Gasteiger partial charge is 0.508 e. The van der Waals surface area contributed by atoms with Gasteiger partial charge in [-0.25, -0.2) is 0 Å². The van der Waals surface area contributed by atoms with Gasteiger partial charge in [-0.1, -0.05) is 165 Å². The lowest BCUT2D eigenvalue weighted by atomic mass is 9.96. The Balaban J connectivity index is 0.00000103. The Hall–Kier alpha value is -4.21. The number of phenols is 2. The standard InChI is InChI=1S/C25H19O4P.C7H7B.5C2H6/c26-19-13-9-17(10-14-19)25(18-11-15-20(27)16-12-18)30(28)24-8-4-2-6-22(24)21-5-1-3-7-23(21)29-30;1-6-2-4-7(8)5-3-6;5*1-2/h1-16,25-27H;2-5H,1H3;5*1-2H3. The predicted molar refractivity (Wildman–Crippen MR) is 211 cm³/mol. The van der Waals surface area contributed by atoms with Crippen LogP contribution < -0.4 is 15.3 Å². The van der Waals surface area contributed by atoms with Crippen LogP contribution in [0.1, 0.15) is 91.6 Å². The van der Waals surface area contributed by atoms with Gasteiger partial charge in [0.05, 0.1) is 5.30 Å². The molecule has 256 valence electrons. The minimum atomic E-state index is -3.48. The first-order valence-corrected chi connectivity index (χ1v) is 18.9. The van der Waals surface area contributed by atoms with E-state index in [1.165, 1.54) is 5.56 Å². The summed E-state index contributed by atoms with van der Waals surface area (Å²) in [7, 11) is 1.94. The Bertz CT molecular complexity index is 1530. The van der Waals surface area contributed by atoms with E-state index in [1.54, 1.807) is 48.5 Å². The summed E-state index contributed by atoms with van der Waals surface area (Å²) in [6.07, 6.45) is 0. The Morgan fingerprint density at radius 1 is 0.542 bits per heavy atom. The maximum atomic E-state index is 14.7. The number of fused-ring (bicyclic) bond motifs is 3. The van der Waals surface area contributed by atoms with Crippen molar-refractivity contribution in [3.63, 3.8) is 0 Å². The molecule has 6 heteroatoms. The summed E-state index contributed by atoms with van der Waals surface area (Å²) in [4.78, 5) is 0. The Labute approximate surface area is 292 Å². The second-order valence-electron chi connectivity index (χ2n) is 9.20. The van der Waals surface area contributed by atoms with Gasteiger partial charge in [0.15, 0.2) is 0 Å². The van der Waals surface area contributed by atoms with E-state index < -0.39 is 13.0 Å². The molecule has 2 radical (unpaired) electrons. The molecule has 1 aliphatic heterocycles. The number of hydrogen-bond acceptors (Lipinski definition) is 4. The number of hydrogen-bond donors (Lipinski definition) is 2. The van der Waals surface area contributed by atoms with Crippen LogP contribution in [0.25, 0.3) is 11.1 Å². The molecule has 0 bridgehead atoms. The third-order valence-corrected chi connectivity index (χ3v) is 9.29. The van der Waals surface area contributed by atoms with Gasteiger partial charge < -0.3 is 14.7 Å². The van der Waals surface area contributed by atoms with Crippen molar-refractivity contribution in [2.75, 3.05) is 0 Å². The molecule has 0 aromatic heterocycles. The van der Waals surface area contributed by atoms with Crippen molar-refractivity contribution in [3.8, 4) is 28.4 Å². The van der Waals surface area contributed by atoms with Crippen molar-refractivity contribution in [1.29, 1.82) is 0 Å². The van der Waals surface area contributed by atoms with Gasteiger partial charge in [-0.2, -0.15) is 0 Å². The van der Waals surface area contributed by atoms with Crippen molar-refractivity contribution < 1.29 is 19.3 Å². The van der Waals surface area contributed by atoms with Crippen LogP contribution >= 0.6 is 7.37 Å². The molecule has 2 N–H and O–H groups in total. The van der Waals surface area contributed by atoms with Crippen molar-refractivity contribution in [3.05, 3.63) is 138 Å². The van der Waals surface area contributed by atoms with Crippen LogP contribution in [0, 0.1) is 6.92 Å². The van der Waals surface area contributed by atoms with Gasteiger partial charge in [-0.15, -0.1) is 0 Å². The highest BCUT2D eigenvalue weighted by molar-refractivity contribution is 7.68. The van der Waals surface area contributed by atoms with Gasteiger partial charge in [0.2, 0.25) is 0 Å². The minimum absolute atomic E-state index is 0.136. The molecular formula is C42H56BO4P. The van der Waals surface area contributed by atoms with Crippen molar-refractivity contribution in [2.45, 2.75) is 81.8 Å². The van der Waals surface area contributed by atoms with Gasteiger partial charge in [-0.3, -0.25) is 4.57 Å². The molecule has 4 nitrogen and oxygen atoms in total. The van der Waals surface area contributed by atoms with E-state index in [2.05, 4.69) is 0 Å². The fourth-order valence-electron chi connectivity index (χ4n) is 4.59. The lowest BCUT2D eigenvalue weighted by Crippen LogP contribution is -2.22. The summed E-state index contributed by atoms with van der Waals surface area (Å²) in [5, 5.41) is 20.2. The normalized spacial score (nSPS) is 12.8. The third-order valence-electron chi connectivity index (χ3n) is 6.49. The van der Waals surface area contributed by atoms with Gasteiger partial charge in [0.25, 0.3) is 7.37 Å². The molecule has 6 rings (SSSR count). The summed E-state index contributed by atoms with van der Waals surface area (Å²) in [5.41, 5.74) is 4.80. The maximum Gasteiger partial charge on any atom is 0.289 e. The highest BCUT2D eigenvalue weighted by Gasteiger charge is 2.44. The Morgan fingerprint density at radius 3 is 1.38 bits per heavy atom. The summed E-state index contributed by atoms with van der Waals surface area (Å²) in [5.74, 6) is 0.857. The SMILES string of the molecule is CC.CC.CC.CC.CC.O=P1(C(c2ccc(O)cc2)c2ccc(O)cc2)Oc2ccccc2-c2ccccc21.[B]c1ccc(C)cc1. The van der Waals surface area contributed by atoms with Crippen LogP contribution in [-0.2, 0) is 4.57 Å². The van der Waals surface area contributed by atoms with Gasteiger partial charge in [0, 0.05) is 5.56 Å². The highest BCUT2D eigenvalue weighted by atomic mass is 31.2. The number of phenolic OH excluding ortho intramolecular Hbond substituents is 2. The minimum Gasteiger partial charge on any atom is -0.508 e. The average Bonchev–Trinajstić information content (AvgIpc) is 3.16. The van der Waals surface area contributed by atoms with Crippen LogP contribution in [-0.4, -0.2) is 18.1 Å². The van der Waals surface area contributed by atoms with E-state index in [9.17, 15) is 14.8 Å². The first-order valence-electron chi connectivity index (χ1n) is 17.2. The molecule has 5 aromatic rings. The maximum absolute atomic E-state index is 14.7. The van der Waals surface area contributed by atoms with E-state index in [0.29, 0.717) is 11.1 Å². The fourth-order valence-corrected chi connectivity index (χ4v) is 7.48. The van der Waals surface area contributed by atoms with Gasteiger partial charge >= 0.3 is 0 Å². The first kappa shape index (κ1) is 43.8. The molecule has 1 heterocycles. The zero-order chi connectivity index (χ0) is 36.7. The summed E-state index contributed by atoms with van der Waals surface area (Å²) >= 11 is 0. The zero-order valence-electron chi connectivity index (χ0n) is 30.9. The Kier molecular flexibility index (Phi) is 21.9. The number of aryl methyl sites for hydroxylation is 1. The number of benzene rings is 5. The molecule has 1 aliphatic rings. The molecular weight excluding hydrogens is 610 g/mol. The quantitative estimate of drug-likeness (QED) is 0.149. The zero-order valence-corrected chi connectivity index (χ0v) is 31.8. The van der Waals surface area contributed by atoms with Crippen LogP contribution in [0.15, 0.2) is 121 Å². The molecule has 1 atom stereocenters. The fraction of sp³-hybridized carbons (Fsp3) is 0.286. The monoisotopic (exact) mass is 666 g/mol. The van der Waals surface area contributed by atoms with E-state index in [1.807, 2.05) is 149 Å². The first-order chi connectivity index (χ1) is 23.3. The molecule has 0 amide bonds. The summed E-state index contributed by atoms with van der Waals surface area (Å²) in [6.45, 7) is 22.0. The third kappa shape index (κ3) is 11.8. The lowest BCUT2D eigenvalue weighted by molar-refractivity contribution is 0.473.